The van der Waals surface area contributed by atoms with Gasteiger partial charge in [-0.3, -0.25) is 24.1 Å². The average molecular weight is 516 g/mol. The predicted molar refractivity (Wildman–Crippen MR) is 146 cm³/mol. The van der Waals surface area contributed by atoms with Gasteiger partial charge in [-0.2, -0.15) is 0 Å². The number of carbonyl (C=O) groups excluding carboxylic acids is 4. The maximum Gasteiger partial charge on any atom is 0.243 e. The monoisotopic (exact) mass is 515 g/mol. The van der Waals surface area contributed by atoms with Crippen molar-refractivity contribution in [1.29, 1.82) is 0 Å². The Morgan fingerprint density at radius 2 is 1.55 bits per heavy atom. The summed E-state index contributed by atoms with van der Waals surface area (Å²) in [6.07, 6.45) is 5.35. The smallest absolute Gasteiger partial charge is 0.243 e. The number of amides is 4. The first kappa shape index (κ1) is 27.3. The van der Waals surface area contributed by atoms with Gasteiger partial charge in [0.2, 0.25) is 23.6 Å². The van der Waals surface area contributed by atoms with Crippen LogP contribution in [0.1, 0.15) is 49.8 Å². The molecular weight excluding hydrogens is 478 g/mol. The maximum absolute atomic E-state index is 13.8. The van der Waals surface area contributed by atoms with E-state index in [0.29, 0.717) is 19.3 Å². The SMILES string of the molecule is Cc1ccccc1CN(C(=O)CCN1C(=O)[C@H]2CC=CC[C@H]2C1=O)[C@@H](Cc1ccccc1)C(=O)NC(C)C. The summed E-state index contributed by atoms with van der Waals surface area (Å²) in [6.45, 7) is 6.05. The van der Waals surface area contributed by atoms with Crippen LogP contribution in [-0.2, 0) is 32.1 Å². The highest BCUT2D eigenvalue weighted by Crippen LogP contribution is 2.35. The molecule has 4 rings (SSSR count). The van der Waals surface area contributed by atoms with Gasteiger partial charge in [0.25, 0.3) is 0 Å². The third kappa shape index (κ3) is 6.21. The molecule has 2 aromatic rings. The second-order valence-electron chi connectivity index (χ2n) is 10.6. The Hall–Kier alpha value is -3.74. The number of aryl methyl sites for hydroxylation is 1. The molecule has 200 valence electrons. The van der Waals surface area contributed by atoms with Gasteiger partial charge in [-0.05, 0) is 50.3 Å². The molecule has 1 saturated heterocycles. The molecule has 1 fully saturated rings. The molecule has 0 unspecified atom stereocenters. The molecule has 2 aliphatic rings. The quantitative estimate of drug-likeness (QED) is 0.385. The molecule has 0 bridgehead atoms. The van der Waals surface area contributed by atoms with Crippen LogP contribution in [0.4, 0.5) is 0 Å². The number of carbonyl (C=O) groups is 4. The summed E-state index contributed by atoms with van der Waals surface area (Å²) in [5, 5.41) is 2.99. The second-order valence-corrected chi connectivity index (χ2v) is 10.6. The maximum atomic E-state index is 13.8. The third-order valence-corrected chi connectivity index (χ3v) is 7.45. The predicted octanol–water partition coefficient (Wildman–Crippen LogP) is 3.80. The van der Waals surface area contributed by atoms with Gasteiger partial charge in [0, 0.05) is 32.0 Å². The number of fused-ring (bicyclic) bond motifs is 1. The van der Waals surface area contributed by atoms with E-state index < -0.39 is 6.04 Å². The normalized spacial score (nSPS) is 19.4. The van der Waals surface area contributed by atoms with E-state index in [0.717, 1.165) is 16.7 Å². The molecule has 3 atom stereocenters. The van der Waals surface area contributed by atoms with Crippen LogP contribution in [0.15, 0.2) is 66.7 Å². The van der Waals surface area contributed by atoms with Gasteiger partial charge in [0.15, 0.2) is 0 Å². The minimum Gasteiger partial charge on any atom is -0.352 e. The summed E-state index contributed by atoms with van der Waals surface area (Å²) < 4.78 is 0. The van der Waals surface area contributed by atoms with Crippen molar-refractivity contribution in [2.24, 2.45) is 11.8 Å². The van der Waals surface area contributed by atoms with Gasteiger partial charge >= 0.3 is 0 Å². The van der Waals surface area contributed by atoms with Crippen molar-refractivity contribution in [2.45, 2.75) is 65.1 Å². The van der Waals surface area contributed by atoms with E-state index in [4.69, 9.17) is 0 Å². The number of hydrogen-bond acceptors (Lipinski definition) is 4. The molecule has 1 heterocycles. The van der Waals surface area contributed by atoms with Crippen LogP contribution in [0.3, 0.4) is 0 Å². The fourth-order valence-corrected chi connectivity index (χ4v) is 5.35. The number of imide groups is 1. The number of rotatable bonds is 10. The zero-order valence-corrected chi connectivity index (χ0v) is 22.4. The van der Waals surface area contributed by atoms with E-state index >= 15 is 0 Å². The molecular formula is C31H37N3O4. The Balaban J connectivity index is 1.59. The molecule has 0 saturated carbocycles. The van der Waals surface area contributed by atoms with Crippen molar-refractivity contribution in [3.63, 3.8) is 0 Å². The van der Waals surface area contributed by atoms with Crippen molar-refractivity contribution in [3.05, 3.63) is 83.4 Å². The molecule has 7 nitrogen and oxygen atoms in total. The van der Waals surface area contributed by atoms with Crippen molar-refractivity contribution < 1.29 is 19.2 Å². The summed E-state index contributed by atoms with van der Waals surface area (Å²) in [6, 6.07) is 16.6. The largest absolute Gasteiger partial charge is 0.352 e. The van der Waals surface area contributed by atoms with Gasteiger partial charge in [-0.1, -0.05) is 66.7 Å². The number of likely N-dealkylation sites (tertiary alicyclic amines) is 1. The van der Waals surface area contributed by atoms with Gasteiger partial charge in [0.05, 0.1) is 11.8 Å². The number of hydrogen-bond donors (Lipinski definition) is 1. The summed E-state index contributed by atoms with van der Waals surface area (Å²) >= 11 is 0. The van der Waals surface area contributed by atoms with Crippen LogP contribution < -0.4 is 5.32 Å². The number of nitrogens with zero attached hydrogens (tertiary/aromatic N) is 2. The van der Waals surface area contributed by atoms with E-state index in [1.807, 2.05) is 87.5 Å². The molecule has 38 heavy (non-hydrogen) atoms. The van der Waals surface area contributed by atoms with Crippen LogP contribution in [0, 0.1) is 18.8 Å². The first-order valence-corrected chi connectivity index (χ1v) is 13.4. The fourth-order valence-electron chi connectivity index (χ4n) is 5.35. The molecule has 4 amide bonds. The minimum atomic E-state index is -0.747. The lowest BCUT2D eigenvalue weighted by Crippen LogP contribution is -2.52. The third-order valence-electron chi connectivity index (χ3n) is 7.45. The molecule has 7 heteroatoms. The molecule has 2 aromatic carbocycles. The first-order chi connectivity index (χ1) is 18.3. The van der Waals surface area contributed by atoms with E-state index in [1.165, 1.54) is 4.90 Å². The first-order valence-electron chi connectivity index (χ1n) is 13.4. The van der Waals surface area contributed by atoms with Crippen molar-refractivity contribution in [2.75, 3.05) is 6.54 Å². The van der Waals surface area contributed by atoms with Gasteiger partial charge in [-0.15, -0.1) is 0 Å². The highest BCUT2D eigenvalue weighted by molar-refractivity contribution is 6.05. The van der Waals surface area contributed by atoms with E-state index in [-0.39, 0.29) is 61.0 Å². The Kier molecular flexibility index (Phi) is 8.77. The Morgan fingerprint density at radius 3 is 2.16 bits per heavy atom. The van der Waals surface area contributed by atoms with Crippen LogP contribution >= 0.6 is 0 Å². The zero-order chi connectivity index (χ0) is 27.2. The summed E-state index contributed by atoms with van der Waals surface area (Å²) in [5.41, 5.74) is 2.91. The molecule has 0 aromatic heterocycles. The van der Waals surface area contributed by atoms with Crippen molar-refractivity contribution in [1.82, 2.24) is 15.1 Å². The fraction of sp³-hybridized carbons (Fsp3) is 0.419. The van der Waals surface area contributed by atoms with E-state index in [9.17, 15) is 19.2 Å². The Labute approximate surface area is 224 Å². The topological polar surface area (TPSA) is 86.8 Å². The standard InChI is InChI=1S/C31H37N3O4/c1-21(2)32-29(36)27(19-23-12-5-4-6-13-23)34(20-24-14-8-7-11-22(24)3)28(35)17-18-33-30(37)25-15-9-10-16-26(25)31(33)38/h4-14,21,25-27H,15-20H2,1-3H3,(H,32,36)/t25-,26+,27-/m0/s1. The highest BCUT2D eigenvalue weighted by Gasteiger charge is 2.47. The summed E-state index contributed by atoms with van der Waals surface area (Å²) in [7, 11) is 0. The van der Waals surface area contributed by atoms with E-state index in [2.05, 4.69) is 5.32 Å². The second kappa shape index (κ2) is 12.2. The highest BCUT2D eigenvalue weighted by atomic mass is 16.2. The van der Waals surface area contributed by atoms with Crippen molar-refractivity contribution in [3.8, 4) is 0 Å². The lowest BCUT2D eigenvalue weighted by Gasteiger charge is -2.33. The van der Waals surface area contributed by atoms with Gasteiger partial charge in [0.1, 0.15) is 6.04 Å². The summed E-state index contributed by atoms with van der Waals surface area (Å²) in [5.74, 6) is -1.53. The lowest BCUT2D eigenvalue weighted by molar-refractivity contribution is -0.144. The number of allylic oxidation sites excluding steroid dienone is 2. The minimum absolute atomic E-state index is 0.0254. The zero-order valence-electron chi connectivity index (χ0n) is 22.4. The van der Waals surface area contributed by atoms with Crippen LogP contribution in [-0.4, -0.2) is 52.1 Å². The lowest BCUT2D eigenvalue weighted by atomic mass is 9.85. The van der Waals surface area contributed by atoms with Gasteiger partial charge in [-0.25, -0.2) is 0 Å². The Bertz CT molecular complexity index is 1180. The van der Waals surface area contributed by atoms with Crippen LogP contribution in [0.2, 0.25) is 0 Å². The Morgan fingerprint density at radius 1 is 0.947 bits per heavy atom. The van der Waals surface area contributed by atoms with Crippen molar-refractivity contribution >= 4 is 23.6 Å². The van der Waals surface area contributed by atoms with E-state index in [1.54, 1.807) is 4.90 Å². The molecule has 1 N–H and O–H groups in total. The molecule has 1 aliphatic carbocycles. The molecule has 0 radical (unpaired) electrons. The van der Waals surface area contributed by atoms with Crippen LogP contribution in [0.25, 0.3) is 0 Å². The summed E-state index contributed by atoms with van der Waals surface area (Å²) in [4.78, 5) is 56.1. The number of benzene rings is 2. The van der Waals surface area contributed by atoms with Gasteiger partial charge < -0.3 is 10.2 Å². The molecule has 1 aliphatic heterocycles. The molecule has 0 spiro atoms. The van der Waals surface area contributed by atoms with Crippen LogP contribution in [0.5, 0.6) is 0 Å². The average Bonchev–Trinajstić information content (AvgIpc) is 3.15. The number of nitrogens with one attached hydrogen (secondary N) is 1.